The molecule has 0 unspecified atom stereocenters. The third kappa shape index (κ3) is 3.45. The van der Waals surface area contributed by atoms with Gasteiger partial charge in [0.15, 0.2) is 0 Å². The van der Waals surface area contributed by atoms with E-state index >= 15 is 0 Å². The van der Waals surface area contributed by atoms with E-state index in [2.05, 4.69) is 29.7 Å². The van der Waals surface area contributed by atoms with E-state index in [4.69, 9.17) is 0 Å². The second-order valence-electron chi connectivity index (χ2n) is 5.39. The summed E-state index contributed by atoms with van der Waals surface area (Å²) in [5.41, 5.74) is 5.98. The Hall–Kier alpha value is -1.94. The van der Waals surface area contributed by atoms with Gasteiger partial charge in [0.2, 0.25) is 0 Å². The van der Waals surface area contributed by atoms with Gasteiger partial charge in [-0.15, -0.1) is 11.8 Å². The maximum Gasteiger partial charge on any atom is 0.255 e. The Kier molecular flexibility index (Phi) is 5.14. The van der Waals surface area contributed by atoms with Crippen molar-refractivity contribution in [2.45, 2.75) is 25.7 Å². The van der Waals surface area contributed by atoms with E-state index in [0.29, 0.717) is 5.56 Å². The molecule has 4 heteroatoms. The van der Waals surface area contributed by atoms with E-state index in [1.165, 1.54) is 5.56 Å². The largest absolute Gasteiger partial charge is 0.387 e. The number of carbonyl (C=O) groups excluding carboxylic acids is 1. The number of carbonyl (C=O) groups is 1. The third-order valence-electron chi connectivity index (χ3n) is 3.65. The van der Waals surface area contributed by atoms with Crippen LogP contribution in [0.15, 0.2) is 35.2 Å². The summed E-state index contributed by atoms with van der Waals surface area (Å²) >= 11 is 1.62. The predicted octanol–water partition coefficient (Wildman–Crippen LogP) is 4.63. The molecule has 0 aliphatic rings. The van der Waals surface area contributed by atoms with Gasteiger partial charge in [0, 0.05) is 28.9 Å². The minimum absolute atomic E-state index is 0.0759. The van der Waals surface area contributed by atoms with Crippen LogP contribution in [0.1, 0.15) is 27.0 Å². The molecule has 0 saturated heterocycles. The zero-order valence-corrected chi connectivity index (χ0v) is 14.5. The average molecular weight is 314 g/mol. The molecule has 0 spiro atoms. The Labute approximate surface area is 136 Å². The highest BCUT2D eigenvalue weighted by molar-refractivity contribution is 7.98. The van der Waals surface area contributed by atoms with Crippen LogP contribution < -0.4 is 10.6 Å². The molecule has 2 aromatic rings. The van der Waals surface area contributed by atoms with Crippen molar-refractivity contribution >= 4 is 29.0 Å². The topological polar surface area (TPSA) is 41.1 Å². The minimum Gasteiger partial charge on any atom is -0.387 e. The fraction of sp³-hybridized carbons (Fsp3) is 0.278. The van der Waals surface area contributed by atoms with Crippen molar-refractivity contribution < 1.29 is 4.79 Å². The van der Waals surface area contributed by atoms with Crippen molar-refractivity contribution in [1.82, 2.24) is 0 Å². The van der Waals surface area contributed by atoms with Crippen LogP contribution in [0.25, 0.3) is 0 Å². The molecule has 3 nitrogen and oxygen atoms in total. The molecule has 0 bridgehead atoms. The molecule has 2 aromatic carbocycles. The van der Waals surface area contributed by atoms with E-state index < -0.39 is 0 Å². The van der Waals surface area contributed by atoms with Crippen molar-refractivity contribution in [1.29, 1.82) is 0 Å². The Morgan fingerprint density at radius 2 is 1.68 bits per heavy atom. The zero-order valence-electron chi connectivity index (χ0n) is 13.7. The highest BCUT2D eigenvalue weighted by atomic mass is 32.2. The van der Waals surface area contributed by atoms with Gasteiger partial charge in [-0.05, 0) is 56.4 Å². The summed E-state index contributed by atoms with van der Waals surface area (Å²) in [7, 11) is 1.88. The molecule has 1 amide bonds. The van der Waals surface area contributed by atoms with Crippen LogP contribution in [0, 0.1) is 20.8 Å². The van der Waals surface area contributed by atoms with Crippen LogP contribution in [-0.2, 0) is 0 Å². The number of hydrogen-bond acceptors (Lipinski definition) is 3. The fourth-order valence-corrected chi connectivity index (χ4v) is 3.24. The summed E-state index contributed by atoms with van der Waals surface area (Å²) in [6, 6.07) is 9.88. The molecular weight excluding hydrogens is 292 g/mol. The summed E-state index contributed by atoms with van der Waals surface area (Å²) in [5.74, 6) is -0.0759. The number of amides is 1. The standard InChI is InChI=1S/C18H22N2OS/c1-11-8-12(2)17(13(3)9-11)20-18(21)14-6-7-15(19-4)16(10-14)22-5/h6-10,19H,1-5H3,(H,20,21). The summed E-state index contributed by atoms with van der Waals surface area (Å²) in [4.78, 5) is 13.6. The molecule has 2 N–H and O–H groups in total. The molecule has 0 aliphatic heterocycles. The lowest BCUT2D eigenvalue weighted by Gasteiger charge is -2.14. The van der Waals surface area contributed by atoms with Crippen LogP contribution in [-0.4, -0.2) is 19.2 Å². The highest BCUT2D eigenvalue weighted by Gasteiger charge is 2.12. The number of nitrogens with one attached hydrogen (secondary N) is 2. The first-order valence-electron chi connectivity index (χ1n) is 7.21. The highest BCUT2D eigenvalue weighted by Crippen LogP contribution is 2.27. The van der Waals surface area contributed by atoms with E-state index in [1.54, 1.807) is 11.8 Å². The Morgan fingerprint density at radius 3 is 2.23 bits per heavy atom. The number of benzene rings is 2. The molecule has 0 saturated carbocycles. The van der Waals surface area contributed by atoms with Crippen LogP contribution in [0.4, 0.5) is 11.4 Å². The fourth-order valence-electron chi connectivity index (χ4n) is 2.60. The zero-order chi connectivity index (χ0) is 16.3. The van der Waals surface area contributed by atoms with Crippen molar-refractivity contribution in [2.24, 2.45) is 0 Å². The maximum atomic E-state index is 12.5. The van der Waals surface area contributed by atoms with Gasteiger partial charge in [-0.1, -0.05) is 17.7 Å². The molecular formula is C18H22N2OS. The Bertz CT molecular complexity index is 687. The summed E-state index contributed by atoms with van der Waals surface area (Å²) in [5, 5.41) is 6.18. The monoisotopic (exact) mass is 314 g/mol. The molecule has 0 aromatic heterocycles. The van der Waals surface area contributed by atoms with Crippen molar-refractivity contribution in [3.63, 3.8) is 0 Å². The first-order chi connectivity index (χ1) is 10.5. The van der Waals surface area contributed by atoms with Gasteiger partial charge in [0.25, 0.3) is 5.91 Å². The van der Waals surface area contributed by atoms with E-state index in [1.807, 2.05) is 45.4 Å². The average Bonchev–Trinajstić information content (AvgIpc) is 2.49. The van der Waals surface area contributed by atoms with Crippen molar-refractivity contribution in [3.8, 4) is 0 Å². The number of hydrogen-bond donors (Lipinski definition) is 2. The molecule has 2 rings (SSSR count). The van der Waals surface area contributed by atoms with Gasteiger partial charge >= 0.3 is 0 Å². The maximum absolute atomic E-state index is 12.5. The molecule has 22 heavy (non-hydrogen) atoms. The van der Waals surface area contributed by atoms with Crippen molar-refractivity contribution in [3.05, 3.63) is 52.6 Å². The summed E-state index contributed by atoms with van der Waals surface area (Å²) in [6.45, 7) is 6.10. The number of thioether (sulfide) groups is 1. The van der Waals surface area contributed by atoms with Gasteiger partial charge in [0.05, 0.1) is 0 Å². The quantitative estimate of drug-likeness (QED) is 0.809. The van der Waals surface area contributed by atoms with Crippen LogP contribution in [0.2, 0.25) is 0 Å². The second-order valence-corrected chi connectivity index (χ2v) is 6.24. The lowest BCUT2D eigenvalue weighted by molar-refractivity contribution is 0.102. The second kappa shape index (κ2) is 6.88. The summed E-state index contributed by atoms with van der Waals surface area (Å²) < 4.78 is 0. The van der Waals surface area contributed by atoms with Gasteiger partial charge in [-0.25, -0.2) is 0 Å². The third-order valence-corrected chi connectivity index (χ3v) is 4.43. The molecule has 0 aliphatic carbocycles. The first kappa shape index (κ1) is 16.4. The molecule has 0 fully saturated rings. The van der Waals surface area contributed by atoms with Crippen LogP contribution in [0.3, 0.4) is 0 Å². The number of rotatable bonds is 4. The Morgan fingerprint density at radius 1 is 1.05 bits per heavy atom. The molecule has 0 radical (unpaired) electrons. The molecule has 0 atom stereocenters. The van der Waals surface area contributed by atoms with Gasteiger partial charge in [-0.2, -0.15) is 0 Å². The smallest absolute Gasteiger partial charge is 0.255 e. The Balaban J connectivity index is 2.30. The molecule has 0 heterocycles. The lowest BCUT2D eigenvalue weighted by Crippen LogP contribution is -2.14. The molecule has 116 valence electrons. The van der Waals surface area contributed by atoms with Gasteiger partial charge in [-0.3, -0.25) is 4.79 Å². The van der Waals surface area contributed by atoms with Crippen LogP contribution in [0.5, 0.6) is 0 Å². The van der Waals surface area contributed by atoms with Gasteiger partial charge in [0.1, 0.15) is 0 Å². The van der Waals surface area contributed by atoms with Gasteiger partial charge < -0.3 is 10.6 Å². The number of anilines is 2. The summed E-state index contributed by atoms with van der Waals surface area (Å²) in [6.07, 6.45) is 2.01. The first-order valence-corrected chi connectivity index (χ1v) is 8.43. The lowest BCUT2D eigenvalue weighted by atomic mass is 10.0. The van der Waals surface area contributed by atoms with E-state index in [9.17, 15) is 4.79 Å². The SMILES string of the molecule is CNc1ccc(C(=O)Nc2c(C)cc(C)cc2C)cc1SC. The van der Waals surface area contributed by atoms with Crippen molar-refractivity contribution in [2.75, 3.05) is 23.9 Å². The van der Waals surface area contributed by atoms with E-state index in [0.717, 1.165) is 27.4 Å². The predicted molar refractivity (Wildman–Crippen MR) is 96.4 cm³/mol. The van der Waals surface area contributed by atoms with E-state index in [-0.39, 0.29) is 5.91 Å². The minimum atomic E-state index is -0.0759. The van der Waals surface area contributed by atoms with Crippen LogP contribution >= 0.6 is 11.8 Å². The normalized spacial score (nSPS) is 10.4. The number of aryl methyl sites for hydroxylation is 3.